The zero-order valence-corrected chi connectivity index (χ0v) is 5.92. The first-order chi connectivity index (χ1) is 5.52. The van der Waals surface area contributed by atoms with Crippen LogP contribution < -0.4 is 0 Å². The van der Waals surface area contributed by atoms with E-state index in [1.165, 1.54) is 18.3 Å². The Morgan fingerprint density at radius 1 is 1.33 bits per heavy atom. The Bertz CT molecular complexity index is 247. The van der Waals surface area contributed by atoms with Crippen LogP contribution >= 0.6 is 0 Å². The molecule has 12 heavy (non-hydrogen) atoms. The van der Waals surface area contributed by atoms with Crippen molar-refractivity contribution < 1.29 is 18.3 Å². The van der Waals surface area contributed by atoms with Crippen molar-refractivity contribution in [2.45, 2.75) is 12.3 Å². The summed E-state index contributed by atoms with van der Waals surface area (Å²) in [6, 6.07) is 3.99. The van der Waals surface area contributed by atoms with Gasteiger partial charge >= 0.3 is 6.18 Å². The fourth-order valence-electron chi connectivity index (χ4n) is 0.705. The Morgan fingerprint density at radius 2 is 2.00 bits per heavy atom. The van der Waals surface area contributed by atoms with Gasteiger partial charge in [-0.1, -0.05) is 6.07 Å². The van der Waals surface area contributed by atoms with E-state index >= 15 is 0 Å². The highest BCUT2D eigenvalue weighted by atomic mass is 19.4. The van der Waals surface area contributed by atoms with Gasteiger partial charge in [0.25, 0.3) is 0 Å². The lowest BCUT2D eigenvalue weighted by Gasteiger charge is -2.12. The van der Waals surface area contributed by atoms with Crippen molar-refractivity contribution in [1.82, 2.24) is 4.98 Å². The van der Waals surface area contributed by atoms with Gasteiger partial charge in [-0.25, -0.2) is 0 Å². The molecule has 5 heteroatoms. The number of halogens is 3. The monoisotopic (exact) mass is 177 g/mol. The van der Waals surface area contributed by atoms with Gasteiger partial charge in [0.1, 0.15) is 0 Å². The molecular formula is C7H6F3NO. The molecule has 0 radical (unpaired) electrons. The van der Waals surface area contributed by atoms with Crippen molar-refractivity contribution in [2.24, 2.45) is 0 Å². The molecule has 66 valence electrons. The molecule has 0 aliphatic carbocycles. The molecule has 0 aliphatic heterocycles. The summed E-state index contributed by atoms with van der Waals surface area (Å²) >= 11 is 0. The first-order valence-corrected chi connectivity index (χ1v) is 3.17. The summed E-state index contributed by atoms with van der Waals surface area (Å²) < 4.78 is 35.5. The average molecular weight is 177 g/mol. The highest BCUT2D eigenvalue weighted by Crippen LogP contribution is 2.30. The molecule has 0 unspecified atom stereocenters. The summed E-state index contributed by atoms with van der Waals surface area (Å²) in [6.45, 7) is 0. The first-order valence-electron chi connectivity index (χ1n) is 3.17. The topological polar surface area (TPSA) is 33.1 Å². The lowest BCUT2D eigenvalue weighted by Crippen LogP contribution is -2.20. The molecule has 0 saturated heterocycles. The molecule has 0 bridgehead atoms. The van der Waals surface area contributed by atoms with Crippen molar-refractivity contribution in [3.8, 4) is 0 Å². The maximum absolute atomic E-state index is 11.8. The summed E-state index contributed by atoms with van der Waals surface area (Å²) in [4.78, 5) is 3.38. The molecule has 0 fully saturated rings. The maximum atomic E-state index is 11.8. The van der Waals surface area contributed by atoms with Gasteiger partial charge in [-0.05, 0) is 12.1 Å². The normalized spacial score (nSPS) is 14.3. The largest absolute Gasteiger partial charge is 0.420 e. The summed E-state index contributed by atoms with van der Waals surface area (Å²) in [5.74, 6) is 0. The number of pyridine rings is 1. The molecule has 1 heterocycles. The Labute approximate surface area is 66.7 Å². The van der Waals surface area contributed by atoms with Gasteiger partial charge < -0.3 is 5.11 Å². The number of aromatic nitrogens is 1. The van der Waals surface area contributed by atoms with Crippen molar-refractivity contribution in [3.05, 3.63) is 30.1 Å². The number of hydrogen-bond donors (Lipinski definition) is 1. The van der Waals surface area contributed by atoms with Gasteiger partial charge in [-0.3, -0.25) is 4.98 Å². The average Bonchev–Trinajstić information content (AvgIpc) is 2.03. The Morgan fingerprint density at radius 3 is 2.42 bits per heavy atom. The number of aliphatic hydroxyl groups is 1. The Hall–Kier alpha value is -1.10. The number of hydrogen-bond acceptors (Lipinski definition) is 2. The highest BCUT2D eigenvalue weighted by Gasteiger charge is 2.40. The van der Waals surface area contributed by atoms with Crippen LogP contribution in [0.25, 0.3) is 0 Å². The Kier molecular flexibility index (Phi) is 2.32. The van der Waals surface area contributed by atoms with Gasteiger partial charge in [-0.2, -0.15) is 13.2 Å². The second kappa shape index (κ2) is 3.10. The van der Waals surface area contributed by atoms with Crippen LogP contribution in [0, 0.1) is 0 Å². The van der Waals surface area contributed by atoms with Crippen molar-refractivity contribution in [2.75, 3.05) is 0 Å². The van der Waals surface area contributed by atoms with Crippen LogP contribution in [0.1, 0.15) is 11.8 Å². The molecule has 0 amide bonds. The third-order valence-corrected chi connectivity index (χ3v) is 1.28. The maximum Gasteiger partial charge on any atom is 0.420 e. The van der Waals surface area contributed by atoms with E-state index in [1.807, 2.05) is 0 Å². The molecule has 0 spiro atoms. The lowest BCUT2D eigenvalue weighted by molar-refractivity contribution is -0.207. The third-order valence-electron chi connectivity index (χ3n) is 1.28. The van der Waals surface area contributed by atoms with Gasteiger partial charge in [0.15, 0.2) is 6.10 Å². The molecule has 1 atom stereocenters. The van der Waals surface area contributed by atoms with Gasteiger partial charge in [0.2, 0.25) is 0 Å². The summed E-state index contributed by atoms with van der Waals surface area (Å²) in [6.07, 6.45) is -5.93. The van der Waals surface area contributed by atoms with Crippen LogP contribution in [0.5, 0.6) is 0 Å². The van der Waals surface area contributed by atoms with Crippen LogP contribution in [-0.2, 0) is 0 Å². The Balaban J connectivity index is 2.86. The van der Waals surface area contributed by atoms with Crippen molar-refractivity contribution in [1.29, 1.82) is 0 Å². The smallest absolute Gasteiger partial charge is 0.378 e. The molecule has 0 aliphatic rings. The standard InChI is InChI=1S/C7H6F3NO/c8-7(9,10)6(12)5-3-1-2-4-11-5/h1-4,6,12H/t6-/m1/s1. The number of rotatable bonds is 1. The molecule has 1 rings (SSSR count). The van der Waals surface area contributed by atoms with Gasteiger partial charge in [0, 0.05) is 6.20 Å². The summed E-state index contributed by atoms with van der Waals surface area (Å²) in [5, 5.41) is 8.67. The zero-order chi connectivity index (χ0) is 9.19. The third kappa shape index (κ3) is 1.94. The van der Waals surface area contributed by atoms with E-state index in [0.717, 1.165) is 6.07 Å². The minimum atomic E-state index is -4.64. The molecule has 0 aromatic carbocycles. The van der Waals surface area contributed by atoms with E-state index in [1.54, 1.807) is 0 Å². The minimum absolute atomic E-state index is 0.384. The molecular weight excluding hydrogens is 171 g/mol. The van der Waals surface area contributed by atoms with Crippen molar-refractivity contribution in [3.63, 3.8) is 0 Å². The highest BCUT2D eigenvalue weighted by molar-refractivity contribution is 5.07. The van der Waals surface area contributed by atoms with Crippen LogP contribution in [0.4, 0.5) is 13.2 Å². The second-order valence-corrected chi connectivity index (χ2v) is 2.20. The van der Waals surface area contributed by atoms with Crippen LogP contribution in [0.15, 0.2) is 24.4 Å². The molecule has 0 saturated carbocycles. The van der Waals surface area contributed by atoms with Crippen LogP contribution in [0.2, 0.25) is 0 Å². The van der Waals surface area contributed by atoms with Crippen molar-refractivity contribution >= 4 is 0 Å². The predicted octanol–water partition coefficient (Wildman–Crippen LogP) is 1.68. The minimum Gasteiger partial charge on any atom is -0.378 e. The summed E-state index contributed by atoms with van der Waals surface area (Å²) in [7, 11) is 0. The number of nitrogens with zero attached hydrogens (tertiary/aromatic N) is 1. The molecule has 1 N–H and O–H groups in total. The summed E-state index contributed by atoms with van der Waals surface area (Å²) in [5.41, 5.74) is -0.384. The van der Waals surface area contributed by atoms with E-state index in [2.05, 4.69) is 4.98 Å². The van der Waals surface area contributed by atoms with E-state index in [0.29, 0.717) is 0 Å². The van der Waals surface area contributed by atoms with Crippen LogP contribution in [-0.4, -0.2) is 16.3 Å². The fourth-order valence-corrected chi connectivity index (χ4v) is 0.705. The number of aliphatic hydroxyl groups excluding tert-OH is 1. The van der Waals surface area contributed by atoms with Gasteiger partial charge in [0.05, 0.1) is 5.69 Å². The second-order valence-electron chi connectivity index (χ2n) is 2.20. The van der Waals surface area contributed by atoms with E-state index in [9.17, 15) is 13.2 Å². The van der Waals surface area contributed by atoms with Crippen LogP contribution in [0.3, 0.4) is 0 Å². The van der Waals surface area contributed by atoms with E-state index in [-0.39, 0.29) is 5.69 Å². The van der Waals surface area contributed by atoms with E-state index < -0.39 is 12.3 Å². The number of alkyl halides is 3. The quantitative estimate of drug-likeness (QED) is 0.707. The van der Waals surface area contributed by atoms with E-state index in [4.69, 9.17) is 5.11 Å². The molecule has 2 nitrogen and oxygen atoms in total. The molecule has 1 aromatic rings. The zero-order valence-electron chi connectivity index (χ0n) is 5.92. The SMILES string of the molecule is O[C@H](c1ccccn1)C(F)(F)F. The molecule has 1 aromatic heterocycles. The first kappa shape index (κ1) is 8.99. The predicted molar refractivity (Wildman–Crippen MR) is 35.3 cm³/mol. The fraction of sp³-hybridized carbons (Fsp3) is 0.286. The lowest BCUT2D eigenvalue weighted by atomic mass is 10.2. The van der Waals surface area contributed by atoms with Gasteiger partial charge in [-0.15, -0.1) is 0 Å².